The van der Waals surface area contributed by atoms with Gasteiger partial charge in [0.1, 0.15) is 5.75 Å². The van der Waals surface area contributed by atoms with Gasteiger partial charge in [-0.2, -0.15) is 0 Å². The fraction of sp³-hybridized carbons (Fsp3) is 0.467. The van der Waals surface area contributed by atoms with Crippen LogP contribution in [0.1, 0.15) is 34.1 Å². The smallest absolute Gasteiger partial charge is 0.224 e. The number of ether oxygens (including phenoxy) is 1. The van der Waals surface area contributed by atoms with E-state index in [0.717, 1.165) is 0 Å². The van der Waals surface area contributed by atoms with E-state index in [-0.39, 0.29) is 17.2 Å². The molecule has 0 fully saturated rings. The second kappa shape index (κ2) is 6.41. The van der Waals surface area contributed by atoms with E-state index < -0.39 is 0 Å². The van der Waals surface area contributed by atoms with Gasteiger partial charge in [-0.3, -0.25) is 9.59 Å². The summed E-state index contributed by atoms with van der Waals surface area (Å²) in [5, 5.41) is 5.49. The number of benzene rings is 1. The van der Waals surface area contributed by atoms with Crippen LogP contribution in [0, 0.1) is 5.41 Å². The Hall–Kier alpha value is -2.04. The van der Waals surface area contributed by atoms with E-state index in [1.54, 1.807) is 18.2 Å². The highest BCUT2D eigenvalue weighted by molar-refractivity contribution is 5.94. The first-order chi connectivity index (χ1) is 9.21. The molecule has 0 unspecified atom stereocenters. The number of amides is 2. The van der Waals surface area contributed by atoms with Crippen LogP contribution in [0.5, 0.6) is 5.75 Å². The molecular weight excluding hydrogens is 256 g/mol. The van der Waals surface area contributed by atoms with Crippen LogP contribution in [0.25, 0.3) is 0 Å². The third kappa shape index (κ3) is 5.30. The Labute approximate surface area is 119 Å². The minimum Gasteiger partial charge on any atom is -0.495 e. The van der Waals surface area contributed by atoms with Crippen molar-refractivity contribution in [3.05, 3.63) is 18.2 Å². The normalized spacial score (nSPS) is 10.8. The Kier molecular flexibility index (Phi) is 5.13. The topological polar surface area (TPSA) is 67.4 Å². The van der Waals surface area contributed by atoms with Gasteiger partial charge in [0.25, 0.3) is 0 Å². The predicted molar refractivity (Wildman–Crippen MR) is 80.0 cm³/mol. The fourth-order valence-electron chi connectivity index (χ4n) is 1.76. The third-order valence-corrected chi connectivity index (χ3v) is 2.48. The molecule has 0 aliphatic carbocycles. The molecule has 0 aliphatic heterocycles. The average molecular weight is 278 g/mol. The van der Waals surface area contributed by atoms with Crippen LogP contribution in [0.3, 0.4) is 0 Å². The van der Waals surface area contributed by atoms with Crippen LogP contribution in [0.2, 0.25) is 0 Å². The lowest BCUT2D eigenvalue weighted by molar-refractivity contribution is -0.118. The van der Waals surface area contributed by atoms with Crippen LogP contribution in [0.15, 0.2) is 18.2 Å². The SMILES string of the molecule is COc1ccc(NC(=O)CC(C)(C)C)cc1NC(C)=O. The van der Waals surface area contributed by atoms with Crippen molar-refractivity contribution in [1.82, 2.24) is 0 Å². The highest BCUT2D eigenvalue weighted by Crippen LogP contribution is 2.28. The van der Waals surface area contributed by atoms with E-state index in [1.165, 1.54) is 14.0 Å². The second-order valence-corrected chi connectivity index (χ2v) is 5.88. The zero-order valence-electron chi connectivity index (χ0n) is 12.7. The Morgan fingerprint density at radius 3 is 2.35 bits per heavy atom. The van der Waals surface area contributed by atoms with Gasteiger partial charge < -0.3 is 15.4 Å². The number of hydrogen-bond acceptors (Lipinski definition) is 3. The van der Waals surface area contributed by atoms with Gasteiger partial charge in [-0.15, -0.1) is 0 Å². The summed E-state index contributed by atoms with van der Waals surface area (Å²) in [6.45, 7) is 7.43. The number of nitrogens with one attached hydrogen (secondary N) is 2. The standard InChI is InChI=1S/C15H22N2O3/c1-10(18)16-12-8-11(6-7-13(12)20-5)17-14(19)9-15(2,3)4/h6-8H,9H2,1-5H3,(H,16,18)(H,17,19). The van der Waals surface area contributed by atoms with Gasteiger partial charge in [0.2, 0.25) is 11.8 Å². The largest absolute Gasteiger partial charge is 0.495 e. The molecular formula is C15H22N2O3. The maximum Gasteiger partial charge on any atom is 0.224 e. The van der Waals surface area contributed by atoms with E-state index in [0.29, 0.717) is 23.5 Å². The van der Waals surface area contributed by atoms with Crippen LogP contribution < -0.4 is 15.4 Å². The highest BCUT2D eigenvalue weighted by atomic mass is 16.5. The molecule has 0 radical (unpaired) electrons. The predicted octanol–water partition coefficient (Wildman–Crippen LogP) is 3.03. The molecule has 0 saturated carbocycles. The lowest BCUT2D eigenvalue weighted by Gasteiger charge is -2.18. The molecule has 0 atom stereocenters. The van der Waals surface area contributed by atoms with E-state index in [9.17, 15) is 9.59 Å². The maximum atomic E-state index is 11.9. The van der Waals surface area contributed by atoms with Crippen molar-refractivity contribution in [1.29, 1.82) is 0 Å². The van der Waals surface area contributed by atoms with Gasteiger partial charge in [0.05, 0.1) is 12.8 Å². The summed E-state index contributed by atoms with van der Waals surface area (Å²) in [5.74, 6) is 0.298. The van der Waals surface area contributed by atoms with Crippen molar-refractivity contribution in [3.63, 3.8) is 0 Å². The number of anilines is 2. The second-order valence-electron chi connectivity index (χ2n) is 5.88. The summed E-state index contributed by atoms with van der Waals surface area (Å²) in [6.07, 6.45) is 0.425. The minimum absolute atomic E-state index is 0.0589. The molecule has 110 valence electrons. The van der Waals surface area contributed by atoms with Crippen LogP contribution in [-0.4, -0.2) is 18.9 Å². The molecule has 0 aromatic heterocycles. The van der Waals surface area contributed by atoms with Crippen LogP contribution >= 0.6 is 0 Å². The van der Waals surface area contributed by atoms with Crippen molar-refractivity contribution in [2.24, 2.45) is 5.41 Å². The van der Waals surface area contributed by atoms with Crippen molar-refractivity contribution in [2.45, 2.75) is 34.1 Å². The molecule has 2 N–H and O–H groups in total. The molecule has 1 aromatic carbocycles. The van der Waals surface area contributed by atoms with Crippen molar-refractivity contribution < 1.29 is 14.3 Å². The molecule has 0 spiro atoms. The summed E-state index contributed by atoms with van der Waals surface area (Å²) < 4.78 is 5.16. The zero-order valence-corrected chi connectivity index (χ0v) is 12.7. The van der Waals surface area contributed by atoms with E-state index in [4.69, 9.17) is 4.74 Å². The molecule has 0 bridgehead atoms. The molecule has 5 nitrogen and oxygen atoms in total. The van der Waals surface area contributed by atoms with Gasteiger partial charge in [-0.25, -0.2) is 0 Å². The first-order valence-corrected chi connectivity index (χ1v) is 6.47. The highest BCUT2D eigenvalue weighted by Gasteiger charge is 2.16. The summed E-state index contributed by atoms with van der Waals surface area (Å²) in [7, 11) is 1.53. The molecule has 1 aromatic rings. The maximum absolute atomic E-state index is 11.9. The number of rotatable bonds is 4. The van der Waals surface area contributed by atoms with Crippen LogP contribution in [0.4, 0.5) is 11.4 Å². The Bertz CT molecular complexity index is 504. The molecule has 20 heavy (non-hydrogen) atoms. The average Bonchev–Trinajstić information content (AvgIpc) is 2.25. The Morgan fingerprint density at radius 1 is 1.20 bits per heavy atom. The van der Waals surface area contributed by atoms with Crippen molar-refractivity contribution >= 4 is 23.2 Å². The lowest BCUT2D eigenvalue weighted by Crippen LogP contribution is -2.19. The van der Waals surface area contributed by atoms with E-state index in [1.807, 2.05) is 20.8 Å². The minimum atomic E-state index is -0.193. The lowest BCUT2D eigenvalue weighted by atomic mass is 9.92. The van der Waals surface area contributed by atoms with Gasteiger partial charge in [0, 0.05) is 19.0 Å². The molecule has 0 heterocycles. The van der Waals surface area contributed by atoms with Gasteiger partial charge in [0.15, 0.2) is 0 Å². The van der Waals surface area contributed by atoms with Gasteiger partial charge in [-0.05, 0) is 23.6 Å². The molecule has 5 heteroatoms. The summed E-state index contributed by atoms with van der Waals surface area (Å²) >= 11 is 0. The first-order valence-electron chi connectivity index (χ1n) is 6.47. The summed E-state index contributed by atoms with van der Waals surface area (Å²) in [6, 6.07) is 5.13. The molecule has 0 aliphatic rings. The molecule has 1 rings (SSSR count). The summed E-state index contributed by atoms with van der Waals surface area (Å²) in [4.78, 5) is 23.0. The number of carbonyl (C=O) groups excluding carboxylic acids is 2. The molecule has 2 amide bonds. The fourth-order valence-corrected chi connectivity index (χ4v) is 1.76. The zero-order chi connectivity index (χ0) is 15.3. The van der Waals surface area contributed by atoms with Crippen molar-refractivity contribution in [3.8, 4) is 5.75 Å². The number of methoxy groups -OCH3 is 1. The molecule has 0 saturated heterocycles. The Balaban J connectivity index is 2.86. The van der Waals surface area contributed by atoms with Gasteiger partial charge >= 0.3 is 0 Å². The quantitative estimate of drug-likeness (QED) is 0.889. The Morgan fingerprint density at radius 2 is 1.85 bits per heavy atom. The van der Waals surface area contributed by atoms with Crippen molar-refractivity contribution in [2.75, 3.05) is 17.7 Å². The first kappa shape index (κ1) is 16.0. The van der Waals surface area contributed by atoms with E-state index >= 15 is 0 Å². The van der Waals surface area contributed by atoms with Gasteiger partial charge in [-0.1, -0.05) is 20.8 Å². The number of carbonyl (C=O) groups is 2. The monoisotopic (exact) mass is 278 g/mol. The third-order valence-electron chi connectivity index (χ3n) is 2.48. The van der Waals surface area contributed by atoms with E-state index in [2.05, 4.69) is 10.6 Å². The summed E-state index contributed by atoms with van der Waals surface area (Å²) in [5.41, 5.74) is 1.09. The van der Waals surface area contributed by atoms with Crippen LogP contribution in [-0.2, 0) is 9.59 Å². The number of hydrogen-bond donors (Lipinski definition) is 2.